The Balaban J connectivity index is 4.30. The standard InChI is InChI=1S/C39H72NO8P/c1-3-5-7-9-11-13-15-16-17-18-19-20-22-24-26-28-30-32-39(42)48-37(36-47-49(43,44)46-34-33-40)35-45-38(41)31-29-27-25-23-21-14-12-10-8-6-4-2/h16-17,19-20,24,26,37H,3-15,18,21-23,25,27-36,40H2,1-2H3,(H,43,44)/t37-/m1/s1. The van der Waals surface area contributed by atoms with Gasteiger partial charge in [0.15, 0.2) is 6.10 Å². The third-order valence-electron chi connectivity index (χ3n) is 8.03. The highest BCUT2D eigenvalue weighted by molar-refractivity contribution is 7.47. The van der Waals surface area contributed by atoms with Crippen LogP contribution < -0.4 is 5.73 Å². The summed E-state index contributed by atoms with van der Waals surface area (Å²) < 4.78 is 32.6. The van der Waals surface area contributed by atoms with Gasteiger partial charge in [-0.25, -0.2) is 4.57 Å². The third kappa shape index (κ3) is 35.8. The van der Waals surface area contributed by atoms with E-state index in [9.17, 15) is 19.0 Å². The quantitative estimate of drug-likeness (QED) is 0.0281. The molecule has 0 aromatic heterocycles. The molecule has 10 heteroatoms. The smallest absolute Gasteiger partial charge is 0.462 e. The van der Waals surface area contributed by atoms with E-state index in [-0.39, 0.29) is 32.6 Å². The van der Waals surface area contributed by atoms with E-state index < -0.39 is 32.5 Å². The maximum atomic E-state index is 12.5. The molecular formula is C39H72NO8P. The van der Waals surface area contributed by atoms with E-state index in [0.717, 1.165) is 44.9 Å². The van der Waals surface area contributed by atoms with Crippen LogP contribution in [0.1, 0.15) is 168 Å². The molecule has 9 nitrogen and oxygen atoms in total. The van der Waals surface area contributed by atoms with Gasteiger partial charge < -0.3 is 20.1 Å². The second-order valence-electron chi connectivity index (χ2n) is 12.8. The van der Waals surface area contributed by atoms with E-state index in [4.69, 9.17) is 24.3 Å². The zero-order chi connectivity index (χ0) is 36.1. The van der Waals surface area contributed by atoms with Gasteiger partial charge in [-0.15, -0.1) is 0 Å². The van der Waals surface area contributed by atoms with Crippen LogP contribution in [0.15, 0.2) is 36.5 Å². The summed E-state index contributed by atoms with van der Waals surface area (Å²) >= 11 is 0. The number of hydrogen-bond acceptors (Lipinski definition) is 8. The fraction of sp³-hybridized carbons (Fsp3) is 0.795. The summed E-state index contributed by atoms with van der Waals surface area (Å²) in [7, 11) is -4.38. The summed E-state index contributed by atoms with van der Waals surface area (Å²) in [5.74, 6) is -0.890. The molecule has 0 fully saturated rings. The summed E-state index contributed by atoms with van der Waals surface area (Å²) in [6, 6.07) is 0. The molecule has 0 aliphatic rings. The van der Waals surface area contributed by atoms with Crippen LogP contribution in [-0.2, 0) is 32.7 Å². The Hall–Kier alpha value is -1.77. The lowest BCUT2D eigenvalue weighted by molar-refractivity contribution is -0.161. The number of nitrogens with two attached hydrogens (primary N) is 1. The van der Waals surface area contributed by atoms with Crippen LogP contribution >= 0.6 is 7.82 Å². The van der Waals surface area contributed by atoms with Crippen LogP contribution in [0.4, 0.5) is 0 Å². The molecule has 0 amide bonds. The van der Waals surface area contributed by atoms with Crippen molar-refractivity contribution in [1.29, 1.82) is 0 Å². The Bertz CT molecular complexity index is 907. The van der Waals surface area contributed by atoms with Crippen LogP contribution in [0.2, 0.25) is 0 Å². The lowest BCUT2D eigenvalue weighted by Gasteiger charge is -2.19. The largest absolute Gasteiger partial charge is 0.472 e. The zero-order valence-corrected chi connectivity index (χ0v) is 32.1. The van der Waals surface area contributed by atoms with Gasteiger partial charge in [-0.2, -0.15) is 0 Å². The van der Waals surface area contributed by atoms with Crippen LogP contribution in [0.5, 0.6) is 0 Å². The normalized spacial score (nSPS) is 13.8. The van der Waals surface area contributed by atoms with E-state index in [1.807, 2.05) is 6.08 Å². The summed E-state index contributed by atoms with van der Waals surface area (Å²) in [5, 5.41) is 0. The first-order chi connectivity index (χ1) is 23.8. The second kappa shape index (κ2) is 36.0. The maximum absolute atomic E-state index is 12.5. The van der Waals surface area contributed by atoms with E-state index in [1.165, 1.54) is 89.9 Å². The van der Waals surface area contributed by atoms with Crippen molar-refractivity contribution in [3.8, 4) is 0 Å². The molecular weight excluding hydrogens is 641 g/mol. The molecule has 0 spiro atoms. The molecule has 0 saturated carbocycles. The van der Waals surface area contributed by atoms with Crippen molar-refractivity contribution in [1.82, 2.24) is 0 Å². The number of carbonyl (C=O) groups excluding carboxylic acids is 2. The number of rotatable bonds is 36. The molecule has 2 atom stereocenters. The molecule has 0 radical (unpaired) electrons. The first-order valence-electron chi connectivity index (χ1n) is 19.5. The van der Waals surface area contributed by atoms with Gasteiger partial charge in [-0.05, 0) is 44.9 Å². The minimum Gasteiger partial charge on any atom is -0.462 e. The van der Waals surface area contributed by atoms with Crippen LogP contribution in [-0.4, -0.2) is 49.3 Å². The van der Waals surface area contributed by atoms with E-state index in [2.05, 4.69) is 44.2 Å². The predicted molar refractivity (Wildman–Crippen MR) is 201 cm³/mol. The number of hydrogen-bond donors (Lipinski definition) is 2. The average molecular weight is 714 g/mol. The first-order valence-corrected chi connectivity index (χ1v) is 21.0. The highest BCUT2D eigenvalue weighted by atomic mass is 31.2. The van der Waals surface area contributed by atoms with Crippen LogP contribution in [0, 0.1) is 0 Å². The highest BCUT2D eigenvalue weighted by Crippen LogP contribution is 2.43. The summed E-state index contributed by atoms with van der Waals surface area (Å²) in [4.78, 5) is 34.7. The summed E-state index contributed by atoms with van der Waals surface area (Å²) in [6.07, 6.45) is 37.5. The van der Waals surface area contributed by atoms with Crippen LogP contribution in [0.25, 0.3) is 0 Å². The van der Waals surface area contributed by atoms with Gasteiger partial charge >= 0.3 is 19.8 Å². The van der Waals surface area contributed by atoms with Crippen molar-refractivity contribution in [2.45, 2.75) is 174 Å². The summed E-state index contributed by atoms with van der Waals surface area (Å²) in [5.41, 5.74) is 5.33. The number of phosphoric acid groups is 1. The van der Waals surface area contributed by atoms with Crippen molar-refractivity contribution in [2.24, 2.45) is 5.73 Å². The van der Waals surface area contributed by atoms with Crippen molar-refractivity contribution < 1.29 is 37.6 Å². The minimum atomic E-state index is -4.38. The molecule has 0 saturated heterocycles. The molecule has 0 aliphatic carbocycles. The van der Waals surface area contributed by atoms with Gasteiger partial charge in [0.05, 0.1) is 13.2 Å². The molecule has 0 aromatic carbocycles. The molecule has 49 heavy (non-hydrogen) atoms. The fourth-order valence-electron chi connectivity index (χ4n) is 5.12. The lowest BCUT2D eigenvalue weighted by atomic mass is 10.1. The second-order valence-corrected chi connectivity index (χ2v) is 14.3. The molecule has 0 heterocycles. The van der Waals surface area contributed by atoms with Gasteiger partial charge in [0.25, 0.3) is 0 Å². The van der Waals surface area contributed by atoms with Gasteiger partial charge in [0.1, 0.15) is 6.61 Å². The molecule has 0 bridgehead atoms. The Morgan fingerprint density at radius 2 is 1.08 bits per heavy atom. The Kier molecular flexibility index (Phi) is 34.7. The maximum Gasteiger partial charge on any atom is 0.472 e. The topological polar surface area (TPSA) is 134 Å². The fourth-order valence-corrected chi connectivity index (χ4v) is 5.89. The monoisotopic (exact) mass is 713 g/mol. The number of carbonyl (C=O) groups is 2. The summed E-state index contributed by atoms with van der Waals surface area (Å²) in [6.45, 7) is 3.65. The highest BCUT2D eigenvalue weighted by Gasteiger charge is 2.25. The van der Waals surface area contributed by atoms with Gasteiger partial charge in [-0.3, -0.25) is 18.6 Å². The van der Waals surface area contributed by atoms with Gasteiger partial charge in [0, 0.05) is 19.4 Å². The van der Waals surface area contributed by atoms with E-state index >= 15 is 0 Å². The van der Waals surface area contributed by atoms with Crippen molar-refractivity contribution in [3.05, 3.63) is 36.5 Å². The molecule has 0 aliphatic heterocycles. The third-order valence-corrected chi connectivity index (χ3v) is 9.01. The number of phosphoric ester groups is 1. The Morgan fingerprint density at radius 1 is 0.612 bits per heavy atom. The molecule has 0 rings (SSSR count). The molecule has 0 aromatic rings. The predicted octanol–water partition coefficient (Wildman–Crippen LogP) is 10.6. The number of unbranched alkanes of at least 4 members (excludes halogenated alkanes) is 17. The Morgan fingerprint density at radius 3 is 1.63 bits per heavy atom. The lowest BCUT2D eigenvalue weighted by Crippen LogP contribution is -2.29. The van der Waals surface area contributed by atoms with Gasteiger partial charge in [0.2, 0.25) is 0 Å². The van der Waals surface area contributed by atoms with Crippen LogP contribution in [0.3, 0.4) is 0 Å². The zero-order valence-electron chi connectivity index (χ0n) is 31.2. The first kappa shape index (κ1) is 47.2. The SMILES string of the molecule is CCCCCCCCC=CCC=CCC=CCCCC(=O)O[C@H](COC(=O)CCCCCCCCCCCCC)COP(=O)(O)OCCN. The average Bonchev–Trinajstić information content (AvgIpc) is 3.08. The van der Waals surface area contributed by atoms with Gasteiger partial charge in [-0.1, -0.05) is 147 Å². The van der Waals surface area contributed by atoms with E-state index in [0.29, 0.717) is 6.42 Å². The molecule has 286 valence electrons. The number of allylic oxidation sites excluding steroid dienone is 6. The van der Waals surface area contributed by atoms with E-state index in [1.54, 1.807) is 0 Å². The number of esters is 2. The Labute approximate surface area is 299 Å². The van der Waals surface area contributed by atoms with Crippen molar-refractivity contribution in [3.63, 3.8) is 0 Å². The van der Waals surface area contributed by atoms with Crippen molar-refractivity contribution in [2.75, 3.05) is 26.4 Å². The minimum absolute atomic E-state index is 0.0461. The molecule has 3 N–H and O–H groups in total. The number of ether oxygens (including phenoxy) is 2. The van der Waals surface area contributed by atoms with Crippen molar-refractivity contribution >= 4 is 19.8 Å². The molecule has 1 unspecified atom stereocenters.